The average molecular weight is 444 g/mol. The molecule has 138 valence electrons. The van der Waals surface area contributed by atoms with Gasteiger partial charge in [0.2, 0.25) is 5.91 Å². The molecule has 2 aromatic carbocycles. The van der Waals surface area contributed by atoms with Gasteiger partial charge in [-0.2, -0.15) is 0 Å². The number of para-hydroxylation sites is 1. The minimum atomic E-state index is -0.155. The largest absolute Gasteiger partial charge is 0.325 e. The Morgan fingerprint density at radius 2 is 2.11 bits per heavy atom. The summed E-state index contributed by atoms with van der Waals surface area (Å²) in [5.41, 5.74) is 2.22. The third-order valence-corrected chi connectivity index (χ3v) is 5.40. The fraction of sp³-hybridized carbons (Fsp3) is 0.150. The molecular formula is C20H18BrN3O2S. The van der Waals surface area contributed by atoms with Crippen LogP contribution in [0.2, 0.25) is 0 Å². The van der Waals surface area contributed by atoms with Gasteiger partial charge in [0.1, 0.15) is 0 Å². The number of aromatic nitrogens is 2. The Labute approximate surface area is 169 Å². The number of benzene rings is 2. The van der Waals surface area contributed by atoms with Gasteiger partial charge in [0, 0.05) is 16.7 Å². The van der Waals surface area contributed by atoms with E-state index in [0.29, 0.717) is 22.6 Å². The highest BCUT2D eigenvalue weighted by Crippen LogP contribution is 2.22. The molecule has 1 amide bonds. The SMILES string of the molecule is C=CCn1c(SCC(=O)Nc2ccc(Br)cc2C)nc2ccccc2c1=O. The first-order valence-electron chi connectivity index (χ1n) is 8.29. The summed E-state index contributed by atoms with van der Waals surface area (Å²) in [4.78, 5) is 29.6. The standard InChI is InChI=1S/C20H18BrN3O2S/c1-3-10-24-19(26)15-6-4-5-7-17(15)23-20(24)27-12-18(25)22-16-9-8-14(21)11-13(16)2/h3-9,11H,1,10,12H2,2H3,(H,22,25). The highest BCUT2D eigenvalue weighted by atomic mass is 79.9. The first-order valence-corrected chi connectivity index (χ1v) is 10.1. The summed E-state index contributed by atoms with van der Waals surface area (Å²) in [5.74, 6) is -0.00442. The molecule has 27 heavy (non-hydrogen) atoms. The van der Waals surface area contributed by atoms with Crippen LogP contribution in [0, 0.1) is 6.92 Å². The molecular weight excluding hydrogens is 426 g/mol. The monoisotopic (exact) mass is 443 g/mol. The van der Waals surface area contributed by atoms with Gasteiger partial charge in [-0.25, -0.2) is 4.98 Å². The molecule has 1 heterocycles. The predicted molar refractivity (Wildman–Crippen MR) is 114 cm³/mol. The van der Waals surface area contributed by atoms with Crippen molar-refractivity contribution >= 4 is 50.2 Å². The third kappa shape index (κ3) is 4.48. The van der Waals surface area contributed by atoms with Crippen molar-refractivity contribution in [2.45, 2.75) is 18.6 Å². The van der Waals surface area contributed by atoms with Crippen molar-refractivity contribution in [1.29, 1.82) is 0 Å². The number of carbonyl (C=O) groups is 1. The van der Waals surface area contributed by atoms with Crippen LogP contribution in [-0.2, 0) is 11.3 Å². The Morgan fingerprint density at radius 3 is 2.85 bits per heavy atom. The highest BCUT2D eigenvalue weighted by molar-refractivity contribution is 9.10. The van der Waals surface area contributed by atoms with E-state index in [1.54, 1.807) is 18.2 Å². The van der Waals surface area contributed by atoms with E-state index in [4.69, 9.17) is 0 Å². The van der Waals surface area contributed by atoms with Crippen LogP contribution in [0.15, 0.2) is 69.5 Å². The predicted octanol–water partition coefficient (Wildman–Crippen LogP) is 4.38. The molecule has 0 saturated carbocycles. The fourth-order valence-corrected chi connectivity index (χ4v) is 3.92. The molecule has 0 radical (unpaired) electrons. The summed E-state index contributed by atoms with van der Waals surface area (Å²) in [7, 11) is 0. The van der Waals surface area contributed by atoms with Crippen LogP contribution >= 0.6 is 27.7 Å². The Kier molecular flexibility index (Phi) is 6.13. The van der Waals surface area contributed by atoms with Gasteiger partial charge in [-0.15, -0.1) is 6.58 Å². The number of anilines is 1. The quantitative estimate of drug-likeness (QED) is 0.348. The molecule has 0 saturated heterocycles. The number of nitrogens with zero attached hydrogens (tertiary/aromatic N) is 2. The Morgan fingerprint density at radius 1 is 1.33 bits per heavy atom. The molecule has 0 unspecified atom stereocenters. The van der Waals surface area contributed by atoms with E-state index < -0.39 is 0 Å². The van der Waals surface area contributed by atoms with Crippen LogP contribution in [0.3, 0.4) is 0 Å². The van der Waals surface area contributed by atoms with Gasteiger partial charge in [-0.05, 0) is 42.8 Å². The van der Waals surface area contributed by atoms with E-state index in [0.717, 1.165) is 15.7 Å². The molecule has 0 atom stereocenters. The summed E-state index contributed by atoms with van der Waals surface area (Å²) in [5, 5.41) is 3.95. The van der Waals surface area contributed by atoms with Crippen molar-refractivity contribution in [2.24, 2.45) is 0 Å². The lowest BCUT2D eigenvalue weighted by molar-refractivity contribution is -0.113. The van der Waals surface area contributed by atoms with Crippen LogP contribution in [0.4, 0.5) is 5.69 Å². The lowest BCUT2D eigenvalue weighted by Crippen LogP contribution is -2.23. The van der Waals surface area contributed by atoms with Crippen LogP contribution in [0.25, 0.3) is 10.9 Å². The highest BCUT2D eigenvalue weighted by Gasteiger charge is 2.13. The number of hydrogen-bond donors (Lipinski definition) is 1. The van der Waals surface area contributed by atoms with Gasteiger partial charge >= 0.3 is 0 Å². The molecule has 1 aromatic heterocycles. The molecule has 3 rings (SSSR count). The smallest absolute Gasteiger partial charge is 0.262 e. The van der Waals surface area contributed by atoms with Crippen molar-refractivity contribution in [2.75, 3.05) is 11.1 Å². The number of halogens is 1. The Bertz CT molecular complexity index is 1080. The van der Waals surface area contributed by atoms with E-state index in [9.17, 15) is 9.59 Å². The van der Waals surface area contributed by atoms with Crippen LogP contribution in [0.1, 0.15) is 5.56 Å². The zero-order valence-electron chi connectivity index (χ0n) is 14.7. The number of hydrogen-bond acceptors (Lipinski definition) is 4. The summed E-state index contributed by atoms with van der Waals surface area (Å²) in [6.07, 6.45) is 1.65. The number of rotatable bonds is 6. The summed E-state index contributed by atoms with van der Waals surface area (Å²) in [6.45, 7) is 5.98. The van der Waals surface area contributed by atoms with Gasteiger partial charge < -0.3 is 5.32 Å². The molecule has 1 N–H and O–H groups in total. The van der Waals surface area contributed by atoms with Gasteiger partial charge in [-0.1, -0.05) is 45.9 Å². The van der Waals surface area contributed by atoms with Crippen molar-refractivity contribution in [3.63, 3.8) is 0 Å². The average Bonchev–Trinajstić information content (AvgIpc) is 2.65. The maximum absolute atomic E-state index is 12.7. The molecule has 0 bridgehead atoms. The zero-order chi connectivity index (χ0) is 19.4. The molecule has 7 heteroatoms. The molecule has 5 nitrogen and oxygen atoms in total. The number of thioether (sulfide) groups is 1. The number of amides is 1. The van der Waals surface area contributed by atoms with Crippen molar-refractivity contribution in [1.82, 2.24) is 9.55 Å². The second-order valence-corrected chi connectivity index (χ2v) is 7.77. The summed E-state index contributed by atoms with van der Waals surface area (Å²) < 4.78 is 2.50. The number of allylic oxidation sites excluding steroid dienone is 1. The first kappa shape index (κ1) is 19.4. The van der Waals surface area contributed by atoms with E-state index >= 15 is 0 Å². The van der Waals surface area contributed by atoms with Crippen LogP contribution in [-0.4, -0.2) is 21.2 Å². The third-order valence-electron chi connectivity index (χ3n) is 3.93. The van der Waals surface area contributed by atoms with Crippen molar-refractivity contribution in [3.05, 3.63) is 75.5 Å². The van der Waals surface area contributed by atoms with Crippen LogP contribution < -0.4 is 10.9 Å². The summed E-state index contributed by atoms with van der Waals surface area (Å²) >= 11 is 4.64. The topological polar surface area (TPSA) is 64.0 Å². The first-order chi connectivity index (χ1) is 13.0. The normalized spacial score (nSPS) is 10.7. The van der Waals surface area contributed by atoms with E-state index in [2.05, 4.69) is 32.8 Å². The van der Waals surface area contributed by atoms with E-state index in [-0.39, 0.29) is 17.2 Å². The Hall–Kier alpha value is -2.38. The number of carbonyl (C=O) groups excluding carboxylic acids is 1. The van der Waals surface area contributed by atoms with E-state index in [1.165, 1.54) is 16.3 Å². The molecule has 0 aliphatic rings. The fourth-order valence-electron chi connectivity index (χ4n) is 2.63. The molecule has 3 aromatic rings. The summed E-state index contributed by atoms with van der Waals surface area (Å²) in [6, 6.07) is 12.9. The van der Waals surface area contributed by atoms with Gasteiger partial charge in [0.05, 0.1) is 16.7 Å². The minimum Gasteiger partial charge on any atom is -0.325 e. The molecule has 0 spiro atoms. The lowest BCUT2D eigenvalue weighted by atomic mass is 10.2. The maximum atomic E-state index is 12.7. The van der Waals surface area contributed by atoms with Gasteiger partial charge in [0.25, 0.3) is 5.56 Å². The van der Waals surface area contributed by atoms with Gasteiger partial charge in [0.15, 0.2) is 5.16 Å². The molecule has 0 aliphatic heterocycles. The van der Waals surface area contributed by atoms with Crippen molar-refractivity contribution < 1.29 is 4.79 Å². The maximum Gasteiger partial charge on any atom is 0.262 e. The number of nitrogens with one attached hydrogen (secondary N) is 1. The van der Waals surface area contributed by atoms with Crippen molar-refractivity contribution in [3.8, 4) is 0 Å². The number of fused-ring (bicyclic) bond motifs is 1. The number of aryl methyl sites for hydroxylation is 1. The molecule has 0 fully saturated rings. The second-order valence-electron chi connectivity index (χ2n) is 5.91. The molecule has 0 aliphatic carbocycles. The van der Waals surface area contributed by atoms with Crippen LogP contribution in [0.5, 0.6) is 0 Å². The second kappa shape index (κ2) is 8.54. The zero-order valence-corrected chi connectivity index (χ0v) is 17.1. The lowest BCUT2D eigenvalue weighted by Gasteiger charge is -2.12. The van der Waals surface area contributed by atoms with E-state index in [1.807, 2.05) is 37.3 Å². The van der Waals surface area contributed by atoms with Gasteiger partial charge in [-0.3, -0.25) is 14.2 Å². The minimum absolute atomic E-state index is 0.132. The Balaban J connectivity index is 1.81.